The van der Waals surface area contributed by atoms with Crippen LogP contribution in [-0.2, 0) is 44.0 Å². The minimum absolute atomic E-state index is 0. The first-order valence-corrected chi connectivity index (χ1v) is 11.7. The van der Waals surface area contributed by atoms with E-state index in [2.05, 4.69) is 13.6 Å². The van der Waals surface area contributed by atoms with Gasteiger partial charge in [0.15, 0.2) is 0 Å². The second-order valence-electron chi connectivity index (χ2n) is 4.40. The third kappa shape index (κ3) is 51.7. The van der Waals surface area contributed by atoms with Crippen molar-refractivity contribution in [2.45, 2.75) is 59.3 Å². The summed E-state index contributed by atoms with van der Waals surface area (Å²) in [5, 5.41) is 0. The van der Waals surface area contributed by atoms with Crippen LogP contribution in [0.4, 0.5) is 0 Å². The molecule has 0 fully saturated rings. The van der Waals surface area contributed by atoms with E-state index < -0.39 is 24.8 Å². The van der Waals surface area contributed by atoms with E-state index in [1.54, 1.807) is 0 Å². The fourth-order valence-electron chi connectivity index (χ4n) is 0.911. The van der Waals surface area contributed by atoms with Gasteiger partial charge in [0.05, 0.1) is 19.8 Å². The molecule has 0 spiro atoms. The molecular formula is C12H33CoO9P3. The Morgan fingerprint density at radius 3 is 0.920 bits per heavy atom. The van der Waals surface area contributed by atoms with Crippen molar-refractivity contribution in [1.82, 2.24) is 0 Å². The van der Waals surface area contributed by atoms with Crippen molar-refractivity contribution in [2.75, 3.05) is 19.8 Å². The molecule has 0 aliphatic carbocycles. The van der Waals surface area contributed by atoms with E-state index in [4.69, 9.17) is 14.7 Å². The summed E-state index contributed by atoms with van der Waals surface area (Å²) in [7, 11) is -7.97. The minimum atomic E-state index is -2.66. The van der Waals surface area contributed by atoms with Gasteiger partial charge in [-0.1, -0.05) is 40.0 Å². The van der Waals surface area contributed by atoms with E-state index in [-0.39, 0.29) is 16.8 Å². The minimum Gasteiger partial charge on any atom is -0.326 e. The van der Waals surface area contributed by atoms with Crippen molar-refractivity contribution in [1.29, 1.82) is 0 Å². The molecule has 0 rings (SSSR count). The third-order valence-corrected chi connectivity index (χ3v) is 3.52. The molecule has 0 amide bonds. The van der Waals surface area contributed by atoms with E-state index in [0.717, 1.165) is 38.5 Å². The molecule has 0 aromatic carbocycles. The van der Waals surface area contributed by atoms with Gasteiger partial charge in [0.2, 0.25) is 0 Å². The van der Waals surface area contributed by atoms with Gasteiger partial charge in [0.25, 0.3) is 0 Å². The van der Waals surface area contributed by atoms with Gasteiger partial charge < -0.3 is 28.3 Å². The molecule has 9 nitrogen and oxygen atoms in total. The Morgan fingerprint density at radius 2 is 0.800 bits per heavy atom. The van der Waals surface area contributed by atoms with Crippen LogP contribution in [0.2, 0.25) is 0 Å². The van der Waals surface area contributed by atoms with E-state index in [9.17, 15) is 13.7 Å². The first kappa shape index (κ1) is 33.5. The van der Waals surface area contributed by atoms with Crippen LogP contribution in [0.3, 0.4) is 0 Å². The molecule has 0 aromatic rings. The molecule has 3 unspecified atom stereocenters. The smallest absolute Gasteiger partial charge is 0.316 e. The van der Waals surface area contributed by atoms with E-state index in [0.29, 0.717) is 19.8 Å². The second-order valence-corrected chi connectivity index (χ2v) is 6.87. The van der Waals surface area contributed by atoms with Gasteiger partial charge in [0.1, 0.15) is 0 Å². The molecule has 0 heterocycles. The Bertz CT molecular complexity index is 275. The molecule has 3 N–H and O–H groups in total. The van der Waals surface area contributed by atoms with Gasteiger partial charge >= 0.3 is 24.8 Å². The largest absolute Gasteiger partial charge is 0.326 e. The number of unbranched alkanes of at least 4 members (excludes halogenated alkanes) is 3. The van der Waals surface area contributed by atoms with Crippen LogP contribution < -0.4 is 0 Å². The monoisotopic (exact) mass is 473 g/mol. The van der Waals surface area contributed by atoms with Crippen LogP contribution in [0.15, 0.2) is 0 Å². The van der Waals surface area contributed by atoms with Crippen molar-refractivity contribution >= 4 is 24.8 Å². The van der Waals surface area contributed by atoms with Gasteiger partial charge in [-0.15, -0.1) is 0 Å². The third-order valence-electron chi connectivity index (χ3n) is 2.17. The molecular weight excluding hydrogens is 440 g/mol. The van der Waals surface area contributed by atoms with Crippen LogP contribution >= 0.6 is 24.8 Å². The number of hydrogen-bond donors (Lipinski definition) is 3. The molecule has 1 radical (unpaired) electrons. The molecule has 0 saturated heterocycles. The zero-order valence-corrected chi connectivity index (χ0v) is 19.0. The van der Waals surface area contributed by atoms with Crippen molar-refractivity contribution < 1.29 is 58.7 Å². The summed E-state index contributed by atoms with van der Waals surface area (Å²) in [5.74, 6) is 0. The van der Waals surface area contributed by atoms with Gasteiger partial charge in [-0.05, 0) is 19.3 Å². The summed E-state index contributed by atoms with van der Waals surface area (Å²) in [6.07, 6.45) is 5.56. The standard InChI is InChI=1S/3C4H11O3P.Co/c3*1-2-3-4-7-8(5)6;/h3*8H,2-4H2,1H3,(H,5,6);. The topological polar surface area (TPSA) is 140 Å². The fourth-order valence-corrected chi connectivity index (χ4v) is 1.87. The van der Waals surface area contributed by atoms with Gasteiger partial charge in [0, 0.05) is 16.8 Å². The van der Waals surface area contributed by atoms with E-state index >= 15 is 0 Å². The Labute approximate surface area is 162 Å². The average molecular weight is 473 g/mol. The van der Waals surface area contributed by atoms with E-state index in [1.165, 1.54) is 0 Å². The summed E-state index contributed by atoms with van der Waals surface area (Å²) in [6, 6.07) is 0. The molecule has 0 aliphatic rings. The predicted octanol–water partition coefficient (Wildman–Crippen LogP) is 3.55. The van der Waals surface area contributed by atoms with Crippen LogP contribution in [0.5, 0.6) is 0 Å². The molecule has 25 heavy (non-hydrogen) atoms. The molecule has 0 aromatic heterocycles. The van der Waals surface area contributed by atoms with Crippen molar-refractivity contribution in [3.05, 3.63) is 0 Å². The summed E-state index contributed by atoms with van der Waals surface area (Å²) in [4.78, 5) is 24.3. The van der Waals surface area contributed by atoms with Crippen LogP contribution in [-0.4, -0.2) is 34.5 Å². The van der Waals surface area contributed by atoms with Gasteiger partial charge in [-0.3, -0.25) is 13.7 Å². The zero-order chi connectivity index (χ0) is 19.2. The summed E-state index contributed by atoms with van der Waals surface area (Å²) < 4.78 is 42.7. The number of hydrogen-bond acceptors (Lipinski definition) is 6. The molecule has 159 valence electrons. The summed E-state index contributed by atoms with van der Waals surface area (Å²) in [5.41, 5.74) is 0. The zero-order valence-electron chi connectivity index (χ0n) is 15.0. The van der Waals surface area contributed by atoms with Crippen LogP contribution in [0.1, 0.15) is 59.3 Å². The molecule has 0 bridgehead atoms. The van der Waals surface area contributed by atoms with Crippen molar-refractivity contribution in [2.24, 2.45) is 0 Å². The first-order valence-electron chi connectivity index (χ1n) is 7.88. The molecule has 13 heteroatoms. The second kappa shape index (κ2) is 29.7. The van der Waals surface area contributed by atoms with Gasteiger partial charge in [-0.25, -0.2) is 0 Å². The van der Waals surface area contributed by atoms with Crippen molar-refractivity contribution in [3.63, 3.8) is 0 Å². The van der Waals surface area contributed by atoms with Crippen molar-refractivity contribution in [3.8, 4) is 0 Å². The Kier molecular flexibility index (Phi) is 39.9. The average Bonchev–Trinajstić information content (AvgIpc) is 2.48. The fraction of sp³-hybridized carbons (Fsp3) is 1.00. The molecule has 0 aliphatic heterocycles. The Balaban J connectivity index is -0.000000130. The normalized spacial score (nSPS) is 13.2. The Morgan fingerprint density at radius 1 is 0.600 bits per heavy atom. The van der Waals surface area contributed by atoms with Gasteiger partial charge in [-0.2, -0.15) is 0 Å². The predicted molar refractivity (Wildman–Crippen MR) is 96.2 cm³/mol. The Hall–Kier alpha value is 0.956. The van der Waals surface area contributed by atoms with Crippen LogP contribution in [0, 0.1) is 0 Å². The first-order chi connectivity index (χ1) is 11.3. The summed E-state index contributed by atoms with van der Waals surface area (Å²) >= 11 is 0. The maximum Gasteiger partial charge on any atom is 0.316 e. The molecule has 0 saturated carbocycles. The van der Waals surface area contributed by atoms with Crippen LogP contribution in [0.25, 0.3) is 0 Å². The number of rotatable bonds is 12. The molecule has 3 atom stereocenters. The van der Waals surface area contributed by atoms with E-state index in [1.807, 2.05) is 20.8 Å². The summed E-state index contributed by atoms with van der Waals surface area (Å²) in [6.45, 7) is 7.22. The maximum absolute atomic E-state index is 9.84. The SMILES string of the molecule is CCCCO[PH](=O)O.CCCCO[PH](=O)O.CCCCO[PH](=O)O.[Co]. The maximum atomic E-state index is 9.84. The quantitative estimate of drug-likeness (QED) is 0.287.